The van der Waals surface area contributed by atoms with Crippen molar-refractivity contribution in [1.82, 2.24) is 9.36 Å². The van der Waals surface area contributed by atoms with Crippen molar-refractivity contribution in [3.05, 3.63) is 35.7 Å². The standard InChI is InChI=1S/C15H19N3OS/c1-3-19-13-8-6-11(7-9-13)10(2)16-15-17-14(18-20-15)12-4-5-12/h6-10,12H,3-5H2,1-2H3,(H,16,17,18). The molecule has 0 aliphatic heterocycles. The smallest absolute Gasteiger partial charge is 0.203 e. The summed E-state index contributed by atoms with van der Waals surface area (Å²) in [5.74, 6) is 2.54. The monoisotopic (exact) mass is 289 g/mol. The van der Waals surface area contributed by atoms with Crippen molar-refractivity contribution < 1.29 is 4.74 Å². The number of nitrogens with one attached hydrogen (secondary N) is 1. The highest BCUT2D eigenvalue weighted by Crippen LogP contribution is 2.39. The van der Waals surface area contributed by atoms with Crippen molar-refractivity contribution in [3.63, 3.8) is 0 Å². The third-order valence-electron chi connectivity index (χ3n) is 3.42. The number of nitrogens with zero attached hydrogens (tertiary/aromatic N) is 2. The van der Waals surface area contributed by atoms with E-state index in [2.05, 4.69) is 33.7 Å². The second kappa shape index (κ2) is 5.79. The van der Waals surface area contributed by atoms with E-state index in [1.165, 1.54) is 29.9 Å². The molecule has 1 unspecified atom stereocenters. The van der Waals surface area contributed by atoms with Gasteiger partial charge in [0.25, 0.3) is 0 Å². The number of hydrogen-bond acceptors (Lipinski definition) is 5. The Morgan fingerprint density at radius 2 is 2.10 bits per heavy atom. The van der Waals surface area contributed by atoms with Gasteiger partial charge in [0.15, 0.2) is 0 Å². The highest BCUT2D eigenvalue weighted by molar-refractivity contribution is 7.09. The Morgan fingerprint density at radius 3 is 2.75 bits per heavy atom. The summed E-state index contributed by atoms with van der Waals surface area (Å²) >= 11 is 1.46. The molecular weight excluding hydrogens is 270 g/mol. The van der Waals surface area contributed by atoms with E-state index >= 15 is 0 Å². The predicted molar refractivity (Wildman–Crippen MR) is 81.5 cm³/mol. The summed E-state index contributed by atoms with van der Waals surface area (Å²) in [6.07, 6.45) is 2.48. The lowest BCUT2D eigenvalue weighted by atomic mass is 10.1. The Morgan fingerprint density at radius 1 is 1.35 bits per heavy atom. The van der Waals surface area contributed by atoms with Crippen LogP contribution in [-0.4, -0.2) is 16.0 Å². The average Bonchev–Trinajstić information content (AvgIpc) is 3.21. The van der Waals surface area contributed by atoms with Gasteiger partial charge in [-0.1, -0.05) is 12.1 Å². The van der Waals surface area contributed by atoms with Crippen LogP contribution in [0.4, 0.5) is 5.13 Å². The van der Waals surface area contributed by atoms with E-state index in [1.807, 2.05) is 19.1 Å². The molecule has 0 bridgehead atoms. The Labute approximate surface area is 123 Å². The van der Waals surface area contributed by atoms with Gasteiger partial charge in [-0.2, -0.15) is 4.37 Å². The highest BCUT2D eigenvalue weighted by Gasteiger charge is 2.27. The van der Waals surface area contributed by atoms with Gasteiger partial charge in [-0.3, -0.25) is 0 Å². The van der Waals surface area contributed by atoms with Crippen LogP contribution in [0.5, 0.6) is 5.75 Å². The number of rotatable bonds is 6. The van der Waals surface area contributed by atoms with Gasteiger partial charge in [0, 0.05) is 17.5 Å². The molecule has 0 amide bonds. The maximum atomic E-state index is 5.45. The molecule has 1 atom stereocenters. The Hall–Kier alpha value is -1.62. The molecule has 2 aromatic rings. The molecule has 1 aromatic heterocycles. The molecule has 1 aromatic carbocycles. The SMILES string of the molecule is CCOc1ccc(C(C)Nc2nc(C3CC3)ns2)cc1. The third kappa shape index (κ3) is 3.10. The first-order valence-electron chi connectivity index (χ1n) is 7.09. The second-order valence-electron chi connectivity index (χ2n) is 5.10. The summed E-state index contributed by atoms with van der Waals surface area (Å²) in [5, 5.41) is 4.33. The normalized spacial score (nSPS) is 15.9. The highest BCUT2D eigenvalue weighted by atomic mass is 32.1. The van der Waals surface area contributed by atoms with Gasteiger partial charge < -0.3 is 10.1 Å². The van der Waals surface area contributed by atoms with Crippen molar-refractivity contribution >= 4 is 16.7 Å². The first kappa shape index (κ1) is 13.4. The van der Waals surface area contributed by atoms with Crippen LogP contribution in [0.2, 0.25) is 0 Å². The van der Waals surface area contributed by atoms with Crippen LogP contribution < -0.4 is 10.1 Å². The molecule has 0 saturated heterocycles. The van der Waals surface area contributed by atoms with E-state index in [9.17, 15) is 0 Å². The molecule has 0 radical (unpaired) electrons. The van der Waals surface area contributed by atoms with E-state index in [1.54, 1.807) is 0 Å². The molecule has 1 saturated carbocycles. The van der Waals surface area contributed by atoms with Crippen LogP contribution in [0.1, 0.15) is 50.0 Å². The van der Waals surface area contributed by atoms with Gasteiger partial charge in [-0.05, 0) is 44.4 Å². The molecule has 20 heavy (non-hydrogen) atoms. The van der Waals surface area contributed by atoms with Crippen molar-refractivity contribution in [1.29, 1.82) is 0 Å². The molecule has 1 fully saturated rings. The minimum atomic E-state index is 0.214. The van der Waals surface area contributed by atoms with Crippen LogP contribution in [-0.2, 0) is 0 Å². The summed E-state index contributed by atoms with van der Waals surface area (Å²) in [6.45, 7) is 4.82. The van der Waals surface area contributed by atoms with Gasteiger partial charge >= 0.3 is 0 Å². The van der Waals surface area contributed by atoms with Crippen LogP contribution in [0.3, 0.4) is 0 Å². The summed E-state index contributed by atoms with van der Waals surface area (Å²) < 4.78 is 9.87. The zero-order valence-electron chi connectivity index (χ0n) is 11.8. The topological polar surface area (TPSA) is 47.0 Å². The number of aromatic nitrogens is 2. The fourth-order valence-corrected chi connectivity index (χ4v) is 2.82. The van der Waals surface area contributed by atoms with E-state index in [4.69, 9.17) is 4.74 Å². The van der Waals surface area contributed by atoms with Crippen molar-refractivity contribution in [2.24, 2.45) is 0 Å². The molecule has 1 N–H and O–H groups in total. The first-order valence-corrected chi connectivity index (χ1v) is 7.86. The van der Waals surface area contributed by atoms with E-state index in [0.29, 0.717) is 12.5 Å². The fraction of sp³-hybridized carbons (Fsp3) is 0.467. The summed E-state index contributed by atoms with van der Waals surface area (Å²) in [5.41, 5.74) is 1.22. The number of ether oxygens (including phenoxy) is 1. The van der Waals surface area contributed by atoms with Crippen LogP contribution in [0.25, 0.3) is 0 Å². The first-order chi connectivity index (χ1) is 9.76. The average molecular weight is 289 g/mol. The van der Waals surface area contributed by atoms with Gasteiger partial charge in [0.1, 0.15) is 11.6 Å². The fourth-order valence-electron chi connectivity index (χ4n) is 2.09. The van der Waals surface area contributed by atoms with Gasteiger partial charge in [-0.15, -0.1) is 0 Å². The minimum Gasteiger partial charge on any atom is -0.494 e. The largest absolute Gasteiger partial charge is 0.494 e. The van der Waals surface area contributed by atoms with Crippen LogP contribution in [0.15, 0.2) is 24.3 Å². The molecule has 106 valence electrons. The Bertz CT molecular complexity index is 563. The number of benzene rings is 1. The maximum absolute atomic E-state index is 5.45. The van der Waals surface area contributed by atoms with Gasteiger partial charge in [0.05, 0.1) is 12.6 Å². The van der Waals surface area contributed by atoms with Crippen LogP contribution >= 0.6 is 11.5 Å². The number of anilines is 1. The maximum Gasteiger partial charge on any atom is 0.203 e. The lowest BCUT2D eigenvalue weighted by Gasteiger charge is -2.13. The lowest BCUT2D eigenvalue weighted by molar-refractivity contribution is 0.340. The predicted octanol–water partition coefficient (Wildman–Crippen LogP) is 3.99. The molecule has 3 rings (SSSR count). The van der Waals surface area contributed by atoms with Crippen molar-refractivity contribution in [2.45, 2.75) is 38.6 Å². The molecule has 1 heterocycles. The summed E-state index contributed by atoms with van der Waals surface area (Å²) in [7, 11) is 0. The van der Waals surface area contributed by atoms with Crippen LogP contribution in [0, 0.1) is 0 Å². The lowest BCUT2D eigenvalue weighted by Crippen LogP contribution is -2.06. The summed E-state index contributed by atoms with van der Waals surface area (Å²) in [4.78, 5) is 4.56. The zero-order valence-corrected chi connectivity index (χ0v) is 12.6. The van der Waals surface area contributed by atoms with Crippen molar-refractivity contribution in [3.8, 4) is 5.75 Å². The molecular formula is C15H19N3OS. The van der Waals surface area contributed by atoms with Crippen molar-refractivity contribution in [2.75, 3.05) is 11.9 Å². The molecule has 1 aliphatic rings. The van der Waals surface area contributed by atoms with Gasteiger partial charge in [-0.25, -0.2) is 4.98 Å². The third-order valence-corrected chi connectivity index (χ3v) is 4.08. The quantitative estimate of drug-likeness (QED) is 0.873. The molecule has 1 aliphatic carbocycles. The van der Waals surface area contributed by atoms with Gasteiger partial charge in [0.2, 0.25) is 5.13 Å². The molecule has 5 heteroatoms. The Kier molecular flexibility index (Phi) is 3.87. The zero-order chi connectivity index (χ0) is 13.9. The number of hydrogen-bond donors (Lipinski definition) is 1. The molecule has 4 nitrogen and oxygen atoms in total. The molecule has 0 spiro atoms. The van der Waals surface area contributed by atoms with E-state index in [-0.39, 0.29) is 6.04 Å². The van der Waals surface area contributed by atoms with E-state index in [0.717, 1.165) is 16.7 Å². The second-order valence-corrected chi connectivity index (χ2v) is 5.85. The summed E-state index contributed by atoms with van der Waals surface area (Å²) in [6, 6.07) is 8.40. The Balaban J connectivity index is 1.63. The van der Waals surface area contributed by atoms with E-state index < -0.39 is 0 Å². The minimum absolute atomic E-state index is 0.214.